The van der Waals surface area contributed by atoms with E-state index in [4.69, 9.17) is 46.4 Å². The lowest BCUT2D eigenvalue weighted by Gasteiger charge is -2.13. The Morgan fingerprint density at radius 2 is 1.26 bits per heavy atom. The van der Waals surface area contributed by atoms with Gasteiger partial charge in [-0.15, -0.1) is 0 Å². The average molecular weight is 342 g/mol. The van der Waals surface area contributed by atoms with Crippen molar-refractivity contribution in [3.05, 3.63) is 31.2 Å². The van der Waals surface area contributed by atoms with Crippen LogP contribution in [0.4, 0.5) is 0 Å². The number of imide groups is 1. The van der Waals surface area contributed by atoms with Crippen LogP contribution in [0.25, 0.3) is 0 Å². The van der Waals surface area contributed by atoms with Crippen molar-refractivity contribution in [2.24, 2.45) is 0 Å². The number of carboxylic acids is 1. The van der Waals surface area contributed by atoms with Gasteiger partial charge in [0.25, 0.3) is 11.8 Å². The van der Waals surface area contributed by atoms with Crippen LogP contribution in [0.1, 0.15) is 20.7 Å². The number of amides is 2. The largest absolute Gasteiger partial charge is 0.548 e. The number of aliphatic carboxylic acids is 1. The molecule has 2 amide bonds. The summed E-state index contributed by atoms with van der Waals surface area (Å²) >= 11 is 23.2. The molecule has 0 radical (unpaired) electrons. The van der Waals surface area contributed by atoms with Gasteiger partial charge in [-0.1, -0.05) is 46.4 Å². The predicted molar refractivity (Wildman–Crippen MR) is 66.9 cm³/mol. The Morgan fingerprint density at radius 1 is 0.895 bits per heavy atom. The summed E-state index contributed by atoms with van der Waals surface area (Å²) < 4.78 is 0. The van der Waals surface area contributed by atoms with Gasteiger partial charge >= 0.3 is 0 Å². The van der Waals surface area contributed by atoms with E-state index in [-0.39, 0.29) is 31.2 Å². The summed E-state index contributed by atoms with van der Waals surface area (Å²) in [5, 5.41) is 9.68. The molecule has 19 heavy (non-hydrogen) atoms. The molecule has 1 aliphatic rings. The highest BCUT2D eigenvalue weighted by atomic mass is 35.5. The third-order valence-electron chi connectivity index (χ3n) is 2.47. The fraction of sp³-hybridized carbons (Fsp3) is 0.100. The highest BCUT2D eigenvalue weighted by Gasteiger charge is 2.41. The molecule has 1 aliphatic heterocycles. The van der Waals surface area contributed by atoms with E-state index < -0.39 is 24.3 Å². The number of fused-ring (bicyclic) bond motifs is 1. The molecule has 0 atom stereocenters. The van der Waals surface area contributed by atoms with Crippen LogP contribution in [0, 0.1) is 0 Å². The molecule has 1 aromatic carbocycles. The lowest BCUT2D eigenvalue weighted by molar-refractivity contribution is -0.305. The maximum absolute atomic E-state index is 11.9. The fourth-order valence-electron chi connectivity index (χ4n) is 1.67. The normalized spacial score (nSPS) is 14.0. The van der Waals surface area contributed by atoms with Gasteiger partial charge in [-0.3, -0.25) is 14.5 Å². The molecular formula is C10H2Cl4NO4-. The Bertz CT molecular complexity index is 596. The first-order valence-corrected chi connectivity index (χ1v) is 6.20. The van der Waals surface area contributed by atoms with Gasteiger partial charge in [0.1, 0.15) is 0 Å². The summed E-state index contributed by atoms with van der Waals surface area (Å²) in [6.07, 6.45) is 0. The molecule has 9 heteroatoms. The summed E-state index contributed by atoms with van der Waals surface area (Å²) in [5.74, 6) is -3.41. The van der Waals surface area contributed by atoms with Crippen LogP contribution >= 0.6 is 46.4 Å². The number of carboxylic acid groups (broad SMARTS) is 1. The molecule has 0 aliphatic carbocycles. The van der Waals surface area contributed by atoms with Crippen LogP contribution in [0.5, 0.6) is 0 Å². The maximum Gasteiger partial charge on any atom is 0.263 e. The Morgan fingerprint density at radius 3 is 1.58 bits per heavy atom. The lowest BCUT2D eigenvalue weighted by atomic mass is 10.1. The average Bonchev–Trinajstić information content (AvgIpc) is 2.58. The topological polar surface area (TPSA) is 77.5 Å². The number of halogens is 4. The summed E-state index contributed by atoms with van der Waals surface area (Å²) in [7, 11) is 0. The summed E-state index contributed by atoms with van der Waals surface area (Å²) in [6.45, 7) is -0.908. The molecule has 0 unspecified atom stereocenters. The molecule has 5 nitrogen and oxygen atoms in total. The van der Waals surface area contributed by atoms with Crippen molar-refractivity contribution in [3.63, 3.8) is 0 Å². The first-order chi connectivity index (χ1) is 8.77. The summed E-state index contributed by atoms with van der Waals surface area (Å²) in [6, 6.07) is 0. The fourth-order valence-corrected chi connectivity index (χ4v) is 2.68. The van der Waals surface area contributed by atoms with Gasteiger partial charge < -0.3 is 9.90 Å². The van der Waals surface area contributed by atoms with Gasteiger partial charge in [-0.05, 0) is 0 Å². The molecule has 0 N–H and O–H groups in total. The van der Waals surface area contributed by atoms with E-state index in [2.05, 4.69) is 0 Å². The Hall–Kier alpha value is -1.01. The molecule has 0 bridgehead atoms. The first kappa shape index (κ1) is 14.4. The molecule has 1 heterocycles. The molecule has 0 aromatic heterocycles. The standard InChI is InChI=1S/C10H3Cl4NO4/c11-5-3-4(6(12)8(14)7(5)13)10(19)15(9(3)18)1-2(16)17/h1H2,(H,16,17)/p-1. The van der Waals surface area contributed by atoms with Crippen LogP contribution in [0.3, 0.4) is 0 Å². The third kappa shape index (κ3) is 2.07. The predicted octanol–water partition coefficient (Wildman–Crippen LogP) is 1.65. The minimum Gasteiger partial charge on any atom is -0.548 e. The molecule has 0 spiro atoms. The van der Waals surface area contributed by atoms with Crippen LogP contribution in [-0.2, 0) is 4.79 Å². The van der Waals surface area contributed by atoms with Gasteiger partial charge in [0.15, 0.2) is 0 Å². The molecule has 0 saturated carbocycles. The first-order valence-electron chi connectivity index (χ1n) is 4.69. The van der Waals surface area contributed by atoms with E-state index in [0.29, 0.717) is 4.90 Å². The maximum atomic E-state index is 11.9. The minimum absolute atomic E-state index is 0.177. The monoisotopic (exact) mass is 340 g/mol. The molecule has 100 valence electrons. The second-order valence-corrected chi connectivity index (χ2v) is 5.09. The zero-order valence-corrected chi connectivity index (χ0v) is 11.8. The summed E-state index contributed by atoms with van der Waals surface area (Å²) in [5.41, 5.74) is -0.514. The van der Waals surface area contributed by atoms with Crippen molar-refractivity contribution < 1.29 is 19.5 Å². The molecule has 2 rings (SSSR count). The zero-order chi connectivity index (χ0) is 14.5. The van der Waals surface area contributed by atoms with Gasteiger partial charge in [0, 0.05) is 0 Å². The van der Waals surface area contributed by atoms with Crippen LogP contribution in [0.15, 0.2) is 0 Å². The number of carbonyl (C=O) groups excluding carboxylic acids is 3. The lowest BCUT2D eigenvalue weighted by Crippen LogP contribution is -2.41. The van der Waals surface area contributed by atoms with E-state index in [0.717, 1.165) is 0 Å². The van der Waals surface area contributed by atoms with Gasteiger partial charge in [0.2, 0.25) is 0 Å². The number of rotatable bonds is 2. The van der Waals surface area contributed by atoms with Crippen molar-refractivity contribution in [2.45, 2.75) is 0 Å². The Kier molecular flexibility index (Phi) is 3.66. The van der Waals surface area contributed by atoms with Gasteiger partial charge in [-0.2, -0.15) is 0 Å². The number of nitrogens with zero attached hydrogens (tertiary/aromatic N) is 1. The van der Waals surface area contributed by atoms with Crippen LogP contribution in [0.2, 0.25) is 20.1 Å². The van der Waals surface area contributed by atoms with Crippen molar-refractivity contribution in [1.82, 2.24) is 4.90 Å². The highest BCUT2D eigenvalue weighted by Crippen LogP contribution is 2.44. The number of hydrogen-bond acceptors (Lipinski definition) is 4. The number of hydrogen-bond donors (Lipinski definition) is 0. The van der Waals surface area contributed by atoms with E-state index >= 15 is 0 Å². The van der Waals surface area contributed by atoms with Crippen LogP contribution in [-0.4, -0.2) is 29.2 Å². The second kappa shape index (κ2) is 4.83. The zero-order valence-electron chi connectivity index (χ0n) is 8.80. The third-order valence-corrected chi connectivity index (χ3v) is 4.27. The number of carbonyl (C=O) groups is 3. The Balaban J connectivity index is 2.69. The summed E-state index contributed by atoms with van der Waals surface area (Å²) in [4.78, 5) is 34.9. The van der Waals surface area contributed by atoms with Gasteiger partial charge in [0.05, 0.1) is 43.7 Å². The minimum atomic E-state index is -1.60. The van der Waals surface area contributed by atoms with E-state index in [1.54, 1.807) is 0 Å². The van der Waals surface area contributed by atoms with E-state index in [1.807, 2.05) is 0 Å². The van der Waals surface area contributed by atoms with Gasteiger partial charge in [-0.25, -0.2) is 0 Å². The molecule has 0 fully saturated rings. The SMILES string of the molecule is O=C([O-])CN1C(=O)c2c(Cl)c(Cl)c(Cl)c(Cl)c2C1=O. The second-order valence-electron chi connectivity index (χ2n) is 3.57. The van der Waals surface area contributed by atoms with Crippen molar-refractivity contribution in [2.75, 3.05) is 6.54 Å². The molecule has 0 saturated heterocycles. The smallest absolute Gasteiger partial charge is 0.263 e. The van der Waals surface area contributed by atoms with Crippen molar-refractivity contribution >= 4 is 64.2 Å². The van der Waals surface area contributed by atoms with E-state index in [1.165, 1.54) is 0 Å². The highest BCUT2D eigenvalue weighted by molar-refractivity contribution is 6.55. The van der Waals surface area contributed by atoms with Crippen molar-refractivity contribution in [1.29, 1.82) is 0 Å². The van der Waals surface area contributed by atoms with Crippen molar-refractivity contribution in [3.8, 4) is 0 Å². The molecular weight excluding hydrogens is 340 g/mol. The van der Waals surface area contributed by atoms with E-state index in [9.17, 15) is 19.5 Å². The van der Waals surface area contributed by atoms with Crippen LogP contribution < -0.4 is 5.11 Å². The Labute approximate surface area is 126 Å². The quantitative estimate of drug-likeness (QED) is 0.465. The number of benzene rings is 1. The molecule has 1 aromatic rings.